The number of benzene rings is 1. The highest BCUT2D eigenvalue weighted by atomic mass is 16.5. The maximum Gasteiger partial charge on any atom is 0.338 e. The van der Waals surface area contributed by atoms with E-state index in [2.05, 4.69) is 26.0 Å². The van der Waals surface area contributed by atoms with Crippen molar-refractivity contribution in [2.24, 2.45) is 11.8 Å². The van der Waals surface area contributed by atoms with Crippen molar-refractivity contribution in [1.82, 2.24) is 0 Å². The summed E-state index contributed by atoms with van der Waals surface area (Å²) in [6.07, 6.45) is 12.3. The van der Waals surface area contributed by atoms with Crippen molar-refractivity contribution < 1.29 is 9.53 Å². The fraction of sp³-hybridized carbons (Fsp3) is 0.682. The molecule has 0 radical (unpaired) electrons. The summed E-state index contributed by atoms with van der Waals surface area (Å²) in [5, 5.41) is 0. The summed E-state index contributed by atoms with van der Waals surface area (Å²) in [5.74, 6) is 1.70. The normalized spacial score (nSPS) is 26.8. The summed E-state index contributed by atoms with van der Waals surface area (Å²) < 4.78 is 5.74. The molecule has 0 bridgehead atoms. The van der Waals surface area contributed by atoms with Crippen molar-refractivity contribution in [2.45, 2.75) is 84.2 Å². The van der Waals surface area contributed by atoms with Crippen LogP contribution in [-0.4, -0.2) is 12.1 Å². The van der Waals surface area contributed by atoms with Gasteiger partial charge in [0, 0.05) is 6.42 Å². The van der Waals surface area contributed by atoms with Gasteiger partial charge in [0.05, 0.1) is 5.56 Å². The fourth-order valence-electron chi connectivity index (χ4n) is 4.45. The number of hydrogen-bond donors (Lipinski definition) is 0. The van der Waals surface area contributed by atoms with Crippen LogP contribution in [0.15, 0.2) is 18.2 Å². The summed E-state index contributed by atoms with van der Waals surface area (Å²) >= 11 is 0. The minimum atomic E-state index is -0.103. The topological polar surface area (TPSA) is 26.3 Å². The zero-order chi connectivity index (χ0) is 16.9. The number of ether oxygens (including phenoxy) is 1. The van der Waals surface area contributed by atoms with Crippen LogP contribution in [-0.2, 0) is 17.6 Å². The molecule has 1 fully saturated rings. The third kappa shape index (κ3) is 4.20. The minimum absolute atomic E-state index is 0.0888. The Morgan fingerprint density at radius 1 is 1.04 bits per heavy atom. The highest BCUT2D eigenvalue weighted by molar-refractivity contribution is 5.92. The van der Waals surface area contributed by atoms with Crippen LogP contribution in [0.25, 0.3) is 0 Å². The Morgan fingerprint density at radius 3 is 2.50 bits per heavy atom. The fourth-order valence-corrected chi connectivity index (χ4v) is 4.45. The molecule has 132 valence electrons. The first-order valence-electron chi connectivity index (χ1n) is 10.0. The van der Waals surface area contributed by atoms with Gasteiger partial charge >= 0.3 is 5.97 Å². The van der Waals surface area contributed by atoms with Crippen molar-refractivity contribution in [3.63, 3.8) is 0 Å². The average Bonchev–Trinajstić information content (AvgIpc) is 2.61. The Bertz CT molecular complexity index is 555. The molecule has 24 heavy (non-hydrogen) atoms. The molecule has 1 aliphatic carbocycles. The lowest BCUT2D eigenvalue weighted by molar-refractivity contribution is 0.0216. The van der Waals surface area contributed by atoms with E-state index in [4.69, 9.17) is 4.74 Å². The number of rotatable bonds is 6. The molecule has 1 aromatic carbocycles. The van der Waals surface area contributed by atoms with Crippen molar-refractivity contribution in [1.29, 1.82) is 0 Å². The second-order valence-corrected chi connectivity index (χ2v) is 7.85. The first-order valence-corrected chi connectivity index (χ1v) is 10.0. The lowest BCUT2D eigenvalue weighted by Crippen LogP contribution is -2.28. The van der Waals surface area contributed by atoms with Crippen LogP contribution in [0.4, 0.5) is 0 Å². The van der Waals surface area contributed by atoms with Crippen LogP contribution in [0.5, 0.6) is 0 Å². The van der Waals surface area contributed by atoms with E-state index >= 15 is 0 Å². The first kappa shape index (κ1) is 17.5. The van der Waals surface area contributed by atoms with E-state index in [1.54, 1.807) is 0 Å². The summed E-state index contributed by atoms with van der Waals surface area (Å²) in [7, 11) is 0. The second-order valence-electron chi connectivity index (χ2n) is 7.85. The number of carbonyl (C=O) groups is 1. The van der Waals surface area contributed by atoms with Gasteiger partial charge in [-0.25, -0.2) is 4.79 Å². The predicted octanol–water partition coefficient (Wildman–Crippen LogP) is 5.72. The van der Waals surface area contributed by atoms with Crippen LogP contribution >= 0.6 is 0 Å². The summed E-state index contributed by atoms with van der Waals surface area (Å²) in [4.78, 5) is 12.4. The van der Waals surface area contributed by atoms with Crippen LogP contribution in [0.1, 0.15) is 86.7 Å². The number of fused-ring (bicyclic) bond motifs is 1. The quantitative estimate of drug-likeness (QED) is 0.624. The zero-order valence-corrected chi connectivity index (χ0v) is 15.4. The molecular formula is C22H32O2. The lowest BCUT2D eigenvalue weighted by atomic mass is 9.78. The van der Waals surface area contributed by atoms with E-state index in [-0.39, 0.29) is 12.1 Å². The molecule has 1 aromatic rings. The molecule has 0 saturated heterocycles. The van der Waals surface area contributed by atoms with Crippen LogP contribution in [0, 0.1) is 11.8 Å². The van der Waals surface area contributed by atoms with Gasteiger partial charge in [-0.1, -0.05) is 64.5 Å². The molecule has 1 atom stereocenters. The Hall–Kier alpha value is -1.31. The number of hydrogen-bond acceptors (Lipinski definition) is 2. The van der Waals surface area contributed by atoms with Gasteiger partial charge in [-0.05, 0) is 48.3 Å². The van der Waals surface area contributed by atoms with Crippen molar-refractivity contribution in [3.8, 4) is 0 Å². The van der Waals surface area contributed by atoms with Crippen LogP contribution < -0.4 is 0 Å². The van der Waals surface area contributed by atoms with Gasteiger partial charge in [0.2, 0.25) is 0 Å². The molecule has 1 saturated carbocycles. The first-order chi connectivity index (χ1) is 11.7. The summed E-state index contributed by atoms with van der Waals surface area (Å²) in [5.41, 5.74) is 3.24. The Labute approximate surface area is 147 Å². The van der Waals surface area contributed by atoms with Crippen molar-refractivity contribution in [2.75, 3.05) is 0 Å². The minimum Gasteiger partial charge on any atom is -0.458 e. The Morgan fingerprint density at radius 2 is 1.79 bits per heavy atom. The molecule has 0 amide bonds. The maximum atomic E-state index is 12.4. The maximum absolute atomic E-state index is 12.4. The van der Waals surface area contributed by atoms with E-state index in [1.165, 1.54) is 49.7 Å². The average molecular weight is 328 g/mol. The SMILES string of the molecule is CCCc1ccc2c(c1)C(=O)OC(CCC1CCC(CC)CC1)C2. The molecule has 0 N–H and O–H groups in total. The van der Waals surface area contributed by atoms with E-state index < -0.39 is 0 Å². The third-order valence-corrected chi connectivity index (χ3v) is 6.09. The zero-order valence-electron chi connectivity index (χ0n) is 15.4. The molecule has 2 nitrogen and oxygen atoms in total. The molecule has 0 spiro atoms. The van der Waals surface area contributed by atoms with Crippen molar-refractivity contribution >= 4 is 5.97 Å². The highest BCUT2D eigenvalue weighted by Crippen LogP contribution is 2.34. The standard InChI is InChI=1S/C22H32O2/c1-3-5-18-10-12-19-15-20(24-22(23)21(19)14-18)13-11-17-8-6-16(4-2)7-9-17/h10,12,14,16-17,20H,3-9,11,13,15H2,1-2H3. The largest absolute Gasteiger partial charge is 0.458 e. The van der Waals surface area contributed by atoms with Gasteiger partial charge in [0.15, 0.2) is 0 Å². The predicted molar refractivity (Wildman–Crippen MR) is 98.3 cm³/mol. The monoisotopic (exact) mass is 328 g/mol. The van der Waals surface area contributed by atoms with Crippen LogP contribution in [0.3, 0.4) is 0 Å². The molecule has 1 heterocycles. The van der Waals surface area contributed by atoms with E-state index in [9.17, 15) is 4.79 Å². The van der Waals surface area contributed by atoms with Crippen molar-refractivity contribution in [3.05, 3.63) is 34.9 Å². The molecule has 1 aliphatic heterocycles. The molecule has 2 aliphatic rings. The highest BCUT2D eigenvalue weighted by Gasteiger charge is 2.28. The number of carbonyl (C=O) groups excluding carboxylic acids is 1. The number of aryl methyl sites for hydroxylation is 1. The van der Waals surface area contributed by atoms with Gasteiger partial charge < -0.3 is 4.74 Å². The van der Waals surface area contributed by atoms with Gasteiger partial charge in [-0.2, -0.15) is 0 Å². The van der Waals surface area contributed by atoms with Gasteiger partial charge in [-0.15, -0.1) is 0 Å². The Kier molecular flexibility index (Phi) is 5.97. The third-order valence-electron chi connectivity index (χ3n) is 6.09. The van der Waals surface area contributed by atoms with Gasteiger partial charge in [0.1, 0.15) is 6.10 Å². The van der Waals surface area contributed by atoms with Gasteiger partial charge in [-0.3, -0.25) is 0 Å². The van der Waals surface area contributed by atoms with E-state index in [0.29, 0.717) is 0 Å². The summed E-state index contributed by atoms with van der Waals surface area (Å²) in [6, 6.07) is 6.38. The summed E-state index contributed by atoms with van der Waals surface area (Å²) in [6.45, 7) is 4.48. The molecular weight excluding hydrogens is 296 g/mol. The van der Waals surface area contributed by atoms with Gasteiger partial charge in [0.25, 0.3) is 0 Å². The number of cyclic esters (lactones) is 1. The van der Waals surface area contributed by atoms with E-state index in [0.717, 1.165) is 43.1 Å². The molecule has 0 aromatic heterocycles. The lowest BCUT2D eigenvalue weighted by Gasteiger charge is -2.30. The van der Waals surface area contributed by atoms with Crippen LogP contribution in [0.2, 0.25) is 0 Å². The molecule has 3 rings (SSSR count). The number of esters is 1. The molecule has 2 heteroatoms. The smallest absolute Gasteiger partial charge is 0.338 e. The molecule has 1 unspecified atom stereocenters. The second kappa shape index (κ2) is 8.18. The Balaban J connectivity index is 1.53. The van der Waals surface area contributed by atoms with E-state index in [1.807, 2.05) is 6.07 Å².